The van der Waals surface area contributed by atoms with E-state index in [-0.39, 0.29) is 5.91 Å². The quantitative estimate of drug-likeness (QED) is 0.711. The van der Waals surface area contributed by atoms with Gasteiger partial charge in [-0.2, -0.15) is 0 Å². The van der Waals surface area contributed by atoms with Crippen molar-refractivity contribution in [1.29, 1.82) is 0 Å². The number of ether oxygens (including phenoxy) is 3. The third kappa shape index (κ3) is 3.31. The first-order chi connectivity index (χ1) is 12.6. The van der Waals surface area contributed by atoms with Crippen molar-refractivity contribution < 1.29 is 19.0 Å². The van der Waals surface area contributed by atoms with Crippen LogP contribution in [0.4, 0.5) is 0 Å². The Kier molecular flexibility index (Phi) is 5.02. The van der Waals surface area contributed by atoms with Gasteiger partial charge in [0.2, 0.25) is 5.91 Å². The van der Waals surface area contributed by atoms with Gasteiger partial charge >= 0.3 is 0 Å². The van der Waals surface area contributed by atoms with E-state index < -0.39 is 0 Å². The summed E-state index contributed by atoms with van der Waals surface area (Å²) in [6.45, 7) is 1.90. The van der Waals surface area contributed by atoms with Gasteiger partial charge in [-0.25, -0.2) is 0 Å². The summed E-state index contributed by atoms with van der Waals surface area (Å²) in [5, 5.41) is 3.85. The lowest BCUT2D eigenvalue weighted by Crippen LogP contribution is -2.19. The van der Waals surface area contributed by atoms with Gasteiger partial charge in [-0.3, -0.25) is 4.79 Å². The summed E-state index contributed by atoms with van der Waals surface area (Å²) in [5.41, 5.74) is 3.85. The Labute approximate surface area is 152 Å². The number of methoxy groups -OCH3 is 3. The smallest absolute Gasteiger partial charge is 0.217 e. The Morgan fingerprint density at radius 3 is 2.23 bits per heavy atom. The molecule has 0 saturated heterocycles. The summed E-state index contributed by atoms with van der Waals surface area (Å²) in [6.07, 6.45) is 0. The van der Waals surface area contributed by atoms with E-state index in [1.807, 2.05) is 36.4 Å². The van der Waals surface area contributed by atoms with Crippen molar-refractivity contribution in [2.45, 2.75) is 13.5 Å². The number of carbonyl (C=O) groups is 1. The molecule has 2 aromatic carbocycles. The zero-order valence-corrected chi connectivity index (χ0v) is 15.3. The average molecular weight is 354 g/mol. The molecule has 0 unspecified atom stereocenters. The Hall–Kier alpha value is -3.15. The fourth-order valence-electron chi connectivity index (χ4n) is 3.01. The first-order valence-electron chi connectivity index (χ1n) is 8.22. The van der Waals surface area contributed by atoms with E-state index in [2.05, 4.69) is 10.3 Å². The number of carbonyl (C=O) groups excluding carboxylic acids is 1. The van der Waals surface area contributed by atoms with Crippen molar-refractivity contribution in [2.24, 2.45) is 0 Å². The zero-order valence-electron chi connectivity index (χ0n) is 15.3. The van der Waals surface area contributed by atoms with Crippen LogP contribution >= 0.6 is 0 Å². The number of fused-ring (bicyclic) bond motifs is 1. The van der Waals surface area contributed by atoms with E-state index in [0.29, 0.717) is 18.0 Å². The highest BCUT2D eigenvalue weighted by molar-refractivity contribution is 5.99. The lowest BCUT2D eigenvalue weighted by Gasteiger charge is -2.09. The van der Waals surface area contributed by atoms with Crippen LogP contribution < -0.4 is 19.5 Å². The lowest BCUT2D eigenvalue weighted by molar-refractivity contribution is -0.119. The summed E-state index contributed by atoms with van der Waals surface area (Å²) in [7, 11) is 4.86. The standard InChI is InChI=1S/C20H22N2O4/c1-12(23)21-11-17-20(13-5-7-14(24-2)8-6-13)15-9-18(25-3)19(26-4)10-16(15)22-17/h5-10,22H,11H2,1-4H3,(H,21,23). The molecule has 136 valence electrons. The predicted molar refractivity (Wildman–Crippen MR) is 101 cm³/mol. The average Bonchev–Trinajstić information content (AvgIpc) is 3.02. The molecule has 1 amide bonds. The molecule has 3 rings (SSSR count). The summed E-state index contributed by atoms with van der Waals surface area (Å²) >= 11 is 0. The van der Waals surface area contributed by atoms with Crippen molar-refractivity contribution in [3.8, 4) is 28.4 Å². The van der Waals surface area contributed by atoms with Gasteiger partial charge in [0.15, 0.2) is 11.5 Å². The number of hydrogen-bond donors (Lipinski definition) is 2. The van der Waals surface area contributed by atoms with Gasteiger partial charge in [-0.05, 0) is 23.8 Å². The van der Waals surface area contributed by atoms with E-state index >= 15 is 0 Å². The van der Waals surface area contributed by atoms with Crippen LogP contribution in [0.5, 0.6) is 17.2 Å². The molecule has 2 N–H and O–H groups in total. The number of benzene rings is 2. The number of rotatable bonds is 6. The third-order valence-corrected chi connectivity index (χ3v) is 4.27. The molecule has 0 atom stereocenters. The molecule has 0 bridgehead atoms. The highest BCUT2D eigenvalue weighted by atomic mass is 16.5. The SMILES string of the molecule is COc1ccc(-c2c(CNC(C)=O)[nH]c3cc(OC)c(OC)cc23)cc1. The minimum absolute atomic E-state index is 0.0838. The van der Waals surface area contributed by atoms with Crippen molar-refractivity contribution >= 4 is 16.8 Å². The summed E-state index contributed by atoms with van der Waals surface area (Å²) in [4.78, 5) is 14.8. The molecule has 1 aromatic heterocycles. The van der Waals surface area contributed by atoms with E-state index in [1.165, 1.54) is 6.92 Å². The number of H-pyrrole nitrogens is 1. The first-order valence-corrected chi connectivity index (χ1v) is 8.22. The number of amides is 1. The monoisotopic (exact) mass is 354 g/mol. The second-order valence-electron chi connectivity index (χ2n) is 5.87. The van der Waals surface area contributed by atoms with Gasteiger partial charge in [0.05, 0.1) is 33.4 Å². The van der Waals surface area contributed by atoms with Crippen LogP contribution in [0.1, 0.15) is 12.6 Å². The maximum Gasteiger partial charge on any atom is 0.217 e. The van der Waals surface area contributed by atoms with Gasteiger partial charge in [0.1, 0.15) is 5.75 Å². The fourth-order valence-corrected chi connectivity index (χ4v) is 3.01. The molecule has 0 saturated carbocycles. The molecule has 26 heavy (non-hydrogen) atoms. The van der Waals surface area contributed by atoms with E-state index in [9.17, 15) is 4.79 Å². The van der Waals surface area contributed by atoms with Gasteiger partial charge in [0.25, 0.3) is 0 Å². The normalized spacial score (nSPS) is 10.6. The number of hydrogen-bond acceptors (Lipinski definition) is 4. The highest BCUT2D eigenvalue weighted by Crippen LogP contribution is 2.39. The van der Waals surface area contributed by atoms with Crippen LogP contribution in [0.2, 0.25) is 0 Å². The topological polar surface area (TPSA) is 72.6 Å². The molecule has 0 radical (unpaired) electrons. The van der Waals surface area contributed by atoms with Crippen molar-refractivity contribution in [3.05, 3.63) is 42.1 Å². The second-order valence-corrected chi connectivity index (χ2v) is 5.87. The van der Waals surface area contributed by atoms with E-state index in [4.69, 9.17) is 14.2 Å². The van der Waals surface area contributed by atoms with Crippen LogP contribution in [0.3, 0.4) is 0 Å². The molecule has 0 aliphatic rings. The summed E-state index contributed by atoms with van der Waals surface area (Å²) < 4.78 is 16.1. The van der Waals surface area contributed by atoms with Crippen LogP contribution in [0.25, 0.3) is 22.0 Å². The van der Waals surface area contributed by atoms with Crippen LogP contribution in [-0.2, 0) is 11.3 Å². The van der Waals surface area contributed by atoms with E-state index in [1.54, 1.807) is 21.3 Å². The number of nitrogens with one attached hydrogen (secondary N) is 2. The molecule has 1 heterocycles. The van der Waals surface area contributed by atoms with Crippen molar-refractivity contribution in [2.75, 3.05) is 21.3 Å². The van der Waals surface area contributed by atoms with Gasteiger partial charge < -0.3 is 24.5 Å². The van der Waals surface area contributed by atoms with Gasteiger partial charge in [-0.1, -0.05) is 12.1 Å². The van der Waals surface area contributed by atoms with E-state index in [0.717, 1.165) is 33.5 Å². The molecule has 3 aromatic rings. The minimum atomic E-state index is -0.0838. The Balaban J connectivity index is 2.20. The maximum atomic E-state index is 11.4. The molecular weight excluding hydrogens is 332 g/mol. The van der Waals surface area contributed by atoms with Crippen LogP contribution in [0.15, 0.2) is 36.4 Å². The van der Waals surface area contributed by atoms with Crippen LogP contribution in [0, 0.1) is 0 Å². The second kappa shape index (κ2) is 7.39. The largest absolute Gasteiger partial charge is 0.497 e. The Morgan fingerprint density at radius 1 is 1.00 bits per heavy atom. The van der Waals surface area contributed by atoms with Crippen LogP contribution in [-0.4, -0.2) is 32.2 Å². The molecule has 0 spiro atoms. The minimum Gasteiger partial charge on any atom is -0.497 e. The predicted octanol–water partition coefficient (Wildman–Crippen LogP) is 3.50. The Bertz CT molecular complexity index is 929. The van der Waals surface area contributed by atoms with Gasteiger partial charge in [0, 0.05) is 29.6 Å². The molecular formula is C20H22N2O4. The maximum absolute atomic E-state index is 11.4. The fraction of sp³-hybridized carbons (Fsp3) is 0.250. The zero-order chi connectivity index (χ0) is 18.7. The number of aromatic nitrogens is 1. The van der Waals surface area contributed by atoms with Gasteiger partial charge in [-0.15, -0.1) is 0 Å². The summed E-state index contributed by atoms with van der Waals surface area (Å²) in [6, 6.07) is 11.7. The molecule has 0 fully saturated rings. The summed E-state index contributed by atoms with van der Waals surface area (Å²) in [5.74, 6) is 2.00. The first kappa shape index (κ1) is 17.7. The molecule has 6 heteroatoms. The third-order valence-electron chi connectivity index (χ3n) is 4.27. The number of aromatic amines is 1. The molecule has 6 nitrogen and oxygen atoms in total. The molecule has 0 aliphatic heterocycles. The molecule has 0 aliphatic carbocycles. The Morgan fingerprint density at radius 2 is 1.65 bits per heavy atom. The lowest BCUT2D eigenvalue weighted by atomic mass is 10.0. The highest BCUT2D eigenvalue weighted by Gasteiger charge is 2.17. The van der Waals surface area contributed by atoms with Crippen molar-refractivity contribution in [3.63, 3.8) is 0 Å². The van der Waals surface area contributed by atoms with Crippen molar-refractivity contribution in [1.82, 2.24) is 10.3 Å².